The fourth-order valence-electron chi connectivity index (χ4n) is 1.61. The van der Waals surface area contributed by atoms with Crippen LogP contribution in [0, 0.1) is 0 Å². The summed E-state index contributed by atoms with van der Waals surface area (Å²) in [6.45, 7) is 2.36. The van der Waals surface area contributed by atoms with Crippen LogP contribution in [0.2, 0.25) is 0 Å². The Hall–Kier alpha value is 0.200. The van der Waals surface area contributed by atoms with Gasteiger partial charge in [0, 0.05) is 0 Å². The van der Waals surface area contributed by atoms with Crippen LogP contribution < -0.4 is 21.2 Å². The van der Waals surface area contributed by atoms with E-state index in [-0.39, 0.29) is 43.8 Å². The van der Waals surface area contributed by atoms with Crippen molar-refractivity contribution in [1.29, 1.82) is 0 Å². The number of halogens is 2. The van der Waals surface area contributed by atoms with Crippen molar-refractivity contribution in [2.24, 2.45) is 0 Å². The van der Waals surface area contributed by atoms with Gasteiger partial charge < -0.3 is 0 Å². The third kappa shape index (κ3) is 3.02. The Labute approximate surface area is 124 Å². The van der Waals surface area contributed by atoms with Gasteiger partial charge in [-0.3, -0.25) is 0 Å². The Morgan fingerprint density at radius 3 is 2.72 bits per heavy atom. The summed E-state index contributed by atoms with van der Waals surface area (Å²) >= 11 is -1.08. The van der Waals surface area contributed by atoms with E-state index in [0.29, 0.717) is 3.92 Å². The molecule has 18 heavy (non-hydrogen) atoms. The van der Waals surface area contributed by atoms with Crippen molar-refractivity contribution < 1.29 is 45.0 Å². The molecule has 3 unspecified atom stereocenters. The molecule has 0 amide bonds. The summed E-state index contributed by atoms with van der Waals surface area (Å²) in [5.74, 6) is -0.0946. The normalized spacial score (nSPS) is 30.4. The van der Waals surface area contributed by atoms with Crippen LogP contribution in [0.15, 0.2) is 0 Å². The molecule has 3 atom stereocenters. The van der Waals surface area contributed by atoms with Gasteiger partial charge in [-0.15, -0.1) is 0 Å². The first-order valence-electron chi connectivity index (χ1n) is 5.53. The second-order valence-corrected chi connectivity index (χ2v) is 14.3. The first-order valence-corrected chi connectivity index (χ1v) is 13.7. The topological polar surface area (TPSA) is 61.8 Å². The number of hydrogen-bond acceptors (Lipinski definition) is 5. The third-order valence-corrected chi connectivity index (χ3v) is 13.0. The Kier molecular flexibility index (Phi) is 4.61. The quantitative estimate of drug-likeness (QED) is 0.259. The molecule has 2 fully saturated rings. The molecule has 0 spiro atoms. The van der Waals surface area contributed by atoms with Gasteiger partial charge in [0.25, 0.3) is 0 Å². The fraction of sp³-hybridized carbons (Fsp3) is 0.818. The maximum atomic E-state index is 12.3. The Balaban J connectivity index is 1.88. The molecule has 0 saturated carbocycles. The van der Waals surface area contributed by atoms with Crippen molar-refractivity contribution >= 4 is 31.9 Å². The summed E-state index contributed by atoms with van der Waals surface area (Å²) in [5.41, 5.74) is 0. The van der Waals surface area contributed by atoms with Crippen LogP contribution in [-0.2, 0) is 19.0 Å². The summed E-state index contributed by atoms with van der Waals surface area (Å²) in [5, 5.41) is 0. The van der Waals surface area contributed by atoms with E-state index in [2.05, 4.69) is 21.5 Å². The molecular weight excluding hydrogens is 466 g/mol. The van der Waals surface area contributed by atoms with Gasteiger partial charge in [0.05, 0.1) is 0 Å². The first-order chi connectivity index (χ1) is 8.44. The molecule has 7 heteroatoms. The average molecular weight is 483 g/mol. The van der Waals surface area contributed by atoms with Gasteiger partial charge >= 0.3 is 125 Å². The van der Waals surface area contributed by atoms with E-state index in [4.69, 9.17) is 9.47 Å². The van der Waals surface area contributed by atoms with Crippen molar-refractivity contribution in [2.45, 2.75) is 20.4 Å². The standard InChI is InChI=1S/C11H17I2O5/c1-11(13(2)3,8-4-12-8)9(14)16-5-7-6-17-10(15)18-7/h7-8H,4-6H2,1-3H3/q-1. The van der Waals surface area contributed by atoms with Crippen LogP contribution in [0.4, 0.5) is 4.79 Å². The zero-order valence-electron chi connectivity index (χ0n) is 10.6. The molecule has 0 N–H and O–H groups in total. The molecule has 0 radical (unpaired) electrons. The molecule has 0 bridgehead atoms. The summed E-state index contributed by atoms with van der Waals surface area (Å²) < 4.78 is 16.5. The second-order valence-electron chi connectivity index (χ2n) is 4.51. The van der Waals surface area contributed by atoms with Gasteiger partial charge in [0.2, 0.25) is 0 Å². The number of cyclic esters (lactones) is 2. The SMILES string of the molecule is CI(C)C(C)(C(=O)OCC1COC(=O)O1)C1C[I-]1. The zero-order valence-corrected chi connectivity index (χ0v) is 14.9. The van der Waals surface area contributed by atoms with Crippen molar-refractivity contribution in [3.8, 4) is 0 Å². The number of ether oxygens (including phenoxy) is 3. The number of carbonyl (C=O) groups is 2. The Morgan fingerprint density at radius 2 is 2.28 bits per heavy atom. The molecule has 0 aromatic heterocycles. The Bertz CT molecular complexity index is 351. The van der Waals surface area contributed by atoms with Crippen LogP contribution in [-0.4, -0.2) is 53.1 Å². The number of hydrogen-bond donors (Lipinski definition) is 0. The van der Waals surface area contributed by atoms with Crippen LogP contribution in [0.25, 0.3) is 0 Å². The van der Waals surface area contributed by atoms with Crippen LogP contribution >= 0.6 is 19.8 Å². The van der Waals surface area contributed by atoms with Crippen LogP contribution in [0.3, 0.4) is 0 Å². The molecule has 2 aliphatic rings. The van der Waals surface area contributed by atoms with Gasteiger partial charge in [0.1, 0.15) is 0 Å². The van der Waals surface area contributed by atoms with Gasteiger partial charge in [-0.05, 0) is 0 Å². The van der Waals surface area contributed by atoms with Crippen LogP contribution in [0.5, 0.6) is 0 Å². The number of rotatable bonds is 5. The number of esters is 1. The van der Waals surface area contributed by atoms with E-state index in [1.54, 1.807) is 0 Å². The van der Waals surface area contributed by atoms with E-state index in [1.807, 2.05) is 0 Å². The molecular formula is C11H17I2O5-. The van der Waals surface area contributed by atoms with E-state index < -0.39 is 32.1 Å². The van der Waals surface area contributed by atoms with E-state index in [1.165, 1.54) is 4.43 Å². The summed E-state index contributed by atoms with van der Waals surface area (Å²) in [6.07, 6.45) is -1.11. The molecule has 2 heterocycles. The summed E-state index contributed by atoms with van der Waals surface area (Å²) in [7, 11) is 0. The van der Waals surface area contributed by atoms with E-state index in [9.17, 15) is 9.59 Å². The molecule has 5 nitrogen and oxygen atoms in total. The zero-order chi connectivity index (χ0) is 13.3. The monoisotopic (exact) mass is 483 g/mol. The molecule has 0 aromatic rings. The molecule has 2 rings (SSSR count). The summed E-state index contributed by atoms with van der Waals surface area (Å²) in [6, 6.07) is 0. The van der Waals surface area contributed by atoms with Crippen molar-refractivity contribution in [2.75, 3.05) is 27.5 Å². The molecule has 2 saturated heterocycles. The van der Waals surface area contributed by atoms with Crippen molar-refractivity contribution in [3.63, 3.8) is 0 Å². The minimum atomic E-state index is -1.29. The van der Waals surface area contributed by atoms with E-state index >= 15 is 0 Å². The number of carbonyl (C=O) groups excluding carboxylic acids is 2. The average Bonchev–Trinajstić information content (AvgIpc) is 3.09. The van der Waals surface area contributed by atoms with Crippen molar-refractivity contribution in [1.82, 2.24) is 0 Å². The molecule has 0 aliphatic carbocycles. The second kappa shape index (κ2) is 5.68. The van der Waals surface area contributed by atoms with Gasteiger partial charge in [-0.25, -0.2) is 0 Å². The third-order valence-electron chi connectivity index (χ3n) is 3.13. The van der Waals surface area contributed by atoms with Gasteiger partial charge in [-0.2, -0.15) is 0 Å². The number of alkyl halides is 5. The first kappa shape index (κ1) is 14.6. The predicted molar refractivity (Wildman–Crippen MR) is 70.1 cm³/mol. The summed E-state index contributed by atoms with van der Waals surface area (Å²) in [4.78, 5) is 27.5. The molecule has 106 valence electrons. The predicted octanol–water partition coefficient (Wildman–Crippen LogP) is -1.94. The van der Waals surface area contributed by atoms with Crippen LogP contribution in [0.1, 0.15) is 6.92 Å². The molecule has 0 aromatic carbocycles. The minimum absolute atomic E-state index is 0.0946. The molecule has 2 aliphatic heterocycles. The maximum absolute atomic E-state index is 12.3. The van der Waals surface area contributed by atoms with Gasteiger partial charge in [0.15, 0.2) is 0 Å². The van der Waals surface area contributed by atoms with Crippen molar-refractivity contribution in [3.05, 3.63) is 0 Å². The van der Waals surface area contributed by atoms with E-state index in [0.717, 1.165) is 0 Å². The van der Waals surface area contributed by atoms with Gasteiger partial charge in [-0.1, -0.05) is 0 Å². The fourth-order valence-corrected chi connectivity index (χ4v) is 11.6. The Morgan fingerprint density at radius 1 is 1.61 bits per heavy atom.